The van der Waals surface area contributed by atoms with Crippen molar-refractivity contribution in [2.45, 2.75) is 38.8 Å². The van der Waals surface area contributed by atoms with E-state index in [1.165, 1.54) is 11.1 Å². The van der Waals surface area contributed by atoms with Crippen molar-refractivity contribution in [3.8, 4) is 0 Å². The Hall–Kier alpha value is -1.55. The van der Waals surface area contributed by atoms with Crippen LogP contribution in [0.5, 0.6) is 0 Å². The number of amides is 1. The fourth-order valence-corrected chi connectivity index (χ4v) is 2.37. The lowest BCUT2D eigenvalue weighted by molar-refractivity contribution is -0.119. The summed E-state index contributed by atoms with van der Waals surface area (Å²) in [6.07, 6.45) is 2.30. The van der Waals surface area contributed by atoms with Gasteiger partial charge in [0.15, 0.2) is 0 Å². The Morgan fingerprint density at radius 2 is 2.16 bits per heavy atom. The van der Waals surface area contributed by atoms with Gasteiger partial charge < -0.3 is 16.0 Å². The Balaban J connectivity index is 2.04. The van der Waals surface area contributed by atoms with Gasteiger partial charge in [0, 0.05) is 25.3 Å². The highest BCUT2D eigenvalue weighted by Gasteiger charge is 2.28. The molecule has 3 N–H and O–H groups in total. The third kappa shape index (κ3) is 3.70. The van der Waals surface area contributed by atoms with E-state index in [9.17, 15) is 4.79 Å². The molecule has 0 aliphatic heterocycles. The molecule has 1 aromatic rings. The fourth-order valence-electron chi connectivity index (χ4n) is 2.37. The molecule has 104 valence electrons. The van der Waals surface area contributed by atoms with Gasteiger partial charge in [-0.3, -0.25) is 4.79 Å². The number of benzene rings is 1. The highest BCUT2D eigenvalue weighted by Crippen LogP contribution is 2.22. The number of nitrogens with two attached hydrogens (primary N) is 1. The zero-order chi connectivity index (χ0) is 14.0. The molecule has 1 amide bonds. The summed E-state index contributed by atoms with van der Waals surface area (Å²) in [5.41, 5.74) is 9.09. The van der Waals surface area contributed by atoms with Crippen LogP contribution in [0.15, 0.2) is 18.2 Å². The van der Waals surface area contributed by atoms with Crippen LogP contribution in [0, 0.1) is 13.8 Å². The standard InChI is InChI=1S/C15H23N3O/c1-10-4-7-14(11(2)8-10)18(3)9-13(15(16)19)17-12-5-6-12/h4,7-8,12-13,17H,5-6,9H2,1-3H3,(H2,16,19). The second-order valence-corrected chi connectivity index (χ2v) is 5.57. The smallest absolute Gasteiger partial charge is 0.236 e. The summed E-state index contributed by atoms with van der Waals surface area (Å²) in [6, 6.07) is 6.54. The van der Waals surface area contributed by atoms with Crippen molar-refractivity contribution in [3.63, 3.8) is 0 Å². The van der Waals surface area contributed by atoms with Crippen LogP contribution in [0.3, 0.4) is 0 Å². The van der Waals surface area contributed by atoms with Crippen LogP contribution in [0.25, 0.3) is 0 Å². The van der Waals surface area contributed by atoms with Crippen LogP contribution < -0.4 is 16.0 Å². The maximum atomic E-state index is 11.5. The third-order valence-electron chi connectivity index (χ3n) is 3.58. The molecule has 0 saturated heterocycles. The molecule has 1 aromatic carbocycles. The second kappa shape index (κ2) is 5.61. The van der Waals surface area contributed by atoms with E-state index in [0.717, 1.165) is 18.5 Å². The molecule has 1 atom stereocenters. The first-order valence-corrected chi connectivity index (χ1v) is 6.81. The van der Waals surface area contributed by atoms with Crippen molar-refractivity contribution in [3.05, 3.63) is 29.3 Å². The van der Waals surface area contributed by atoms with Crippen molar-refractivity contribution in [1.82, 2.24) is 5.32 Å². The second-order valence-electron chi connectivity index (χ2n) is 5.57. The van der Waals surface area contributed by atoms with Crippen molar-refractivity contribution in [2.75, 3.05) is 18.5 Å². The summed E-state index contributed by atoms with van der Waals surface area (Å²) in [4.78, 5) is 13.6. The number of carbonyl (C=O) groups excluding carboxylic acids is 1. The van der Waals surface area contributed by atoms with E-state index in [0.29, 0.717) is 12.6 Å². The maximum absolute atomic E-state index is 11.5. The number of primary amides is 1. The van der Waals surface area contributed by atoms with Gasteiger partial charge in [-0.05, 0) is 38.3 Å². The number of nitrogens with zero attached hydrogens (tertiary/aromatic N) is 1. The summed E-state index contributed by atoms with van der Waals surface area (Å²) in [6.45, 7) is 4.78. The number of hydrogen-bond acceptors (Lipinski definition) is 3. The van der Waals surface area contributed by atoms with Crippen molar-refractivity contribution in [2.24, 2.45) is 5.73 Å². The quantitative estimate of drug-likeness (QED) is 0.812. The first kappa shape index (κ1) is 13.9. The first-order valence-electron chi connectivity index (χ1n) is 6.81. The Bertz CT molecular complexity index is 468. The average Bonchev–Trinajstić information content (AvgIpc) is 3.11. The van der Waals surface area contributed by atoms with E-state index in [-0.39, 0.29) is 11.9 Å². The molecule has 0 aromatic heterocycles. The number of rotatable bonds is 6. The minimum atomic E-state index is -0.279. The molecule has 1 fully saturated rings. The van der Waals surface area contributed by atoms with Gasteiger partial charge in [0.05, 0.1) is 0 Å². The Morgan fingerprint density at radius 3 is 2.68 bits per heavy atom. The molecule has 2 rings (SSSR count). The van der Waals surface area contributed by atoms with Crippen LogP contribution in [0.1, 0.15) is 24.0 Å². The lowest BCUT2D eigenvalue weighted by Crippen LogP contribution is -2.49. The molecule has 0 bridgehead atoms. The molecule has 0 spiro atoms. The number of likely N-dealkylation sites (N-methyl/N-ethyl adjacent to an activating group) is 1. The van der Waals surface area contributed by atoms with E-state index < -0.39 is 0 Å². The van der Waals surface area contributed by atoms with Gasteiger partial charge in [-0.25, -0.2) is 0 Å². The van der Waals surface area contributed by atoms with Crippen LogP contribution in [0.4, 0.5) is 5.69 Å². The minimum absolute atomic E-state index is 0.275. The molecule has 0 heterocycles. The summed E-state index contributed by atoms with van der Waals surface area (Å²) >= 11 is 0. The van der Waals surface area contributed by atoms with Crippen LogP contribution in [0.2, 0.25) is 0 Å². The third-order valence-corrected chi connectivity index (χ3v) is 3.58. The number of carbonyl (C=O) groups is 1. The topological polar surface area (TPSA) is 58.4 Å². The predicted octanol–water partition coefficient (Wildman–Crippen LogP) is 1.35. The number of anilines is 1. The van der Waals surface area contributed by atoms with E-state index in [1.54, 1.807) is 0 Å². The Kier molecular flexibility index (Phi) is 4.10. The molecule has 0 radical (unpaired) electrons. The van der Waals surface area contributed by atoms with Gasteiger partial charge >= 0.3 is 0 Å². The summed E-state index contributed by atoms with van der Waals surface area (Å²) in [7, 11) is 2.00. The summed E-state index contributed by atoms with van der Waals surface area (Å²) in [5.74, 6) is -0.275. The largest absolute Gasteiger partial charge is 0.372 e. The lowest BCUT2D eigenvalue weighted by atomic mass is 10.1. The van der Waals surface area contributed by atoms with Crippen LogP contribution in [-0.2, 0) is 4.79 Å². The fraction of sp³-hybridized carbons (Fsp3) is 0.533. The SMILES string of the molecule is Cc1ccc(N(C)CC(NC2CC2)C(N)=O)c(C)c1. The van der Waals surface area contributed by atoms with Gasteiger partial charge in [-0.15, -0.1) is 0 Å². The van der Waals surface area contributed by atoms with Gasteiger partial charge in [0.25, 0.3) is 0 Å². The monoisotopic (exact) mass is 261 g/mol. The molecule has 19 heavy (non-hydrogen) atoms. The Labute approximate surface area is 115 Å². The molecular weight excluding hydrogens is 238 g/mol. The molecule has 1 unspecified atom stereocenters. The van der Waals surface area contributed by atoms with Gasteiger partial charge in [-0.1, -0.05) is 17.7 Å². The summed E-state index contributed by atoms with van der Waals surface area (Å²) in [5, 5.41) is 3.31. The molecule has 1 aliphatic rings. The average molecular weight is 261 g/mol. The van der Waals surface area contributed by atoms with E-state index in [2.05, 4.69) is 42.3 Å². The van der Waals surface area contributed by atoms with Gasteiger partial charge in [0.2, 0.25) is 5.91 Å². The van der Waals surface area contributed by atoms with E-state index in [4.69, 9.17) is 5.73 Å². The highest BCUT2D eigenvalue weighted by molar-refractivity contribution is 5.80. The van der Waals surface area contributed by atoms with E-state index >= 15 is 0 Å². The zero-order valence-corrected chi connectivity index (χ0v) is 11.9. The summed E-state index contributed by atoms with van der Waals surface area (Å²) < 4.78 is 0. The maximum Gasteiger partial charge on any atom is 0.236 e. The Morgan fingerprint density at radius 1 is 1.47 bits per heavy atom. The normalized spacial score (nSPS) is 16.2. The van der Waals surface area contributed by atoms with Gasteiger partial charge in [-0.2, -0.15) is 0 Å². The predicted molar refractivity (Wildman–Crippen MR) is 78.3 cm³/mol. The van der Waals surface area contributed by atoms with Gasteiger partial charge in [0.1, 0.15) is 6.04 Å². The first-order chi connectivity index (χ1) is 8.97. The number of hydrogen-bond donors (Lipinski definition) is 2. The molecule has 1 aliphatic carbocycles. The zero-order valence-electron chi connectivity index (χ0n) is 11.9. The lowest BCUT2D eigenvalue weighted by Gasteiger charge is -2.26. The van der Waals surface area contributed by atoms with Crippen molar-refractivity contribution in [1.29, 1.82) is 0 Å². The number of nitrogens with one attached hydrogen (secondary N) is 1. The number of aryl methyl sites for hydroxylation is 2. The van der Waals surface area contributed by atoms with Crippen molar-refractivity contribution < 1.29 is 4.79 Å². The molecular formula is C15H23N3O. The van der Waals surface area contributed by atoms with Crippen molar-refractivity contribution >= 4 is 11.6 Å². The minimum Gasteiger partial charge on any atom is -0.372 e. The van der Waals surface area contributed by atoms with E-state index in [1.807, 2.05) is 7.05 Å². The highest BCUT2D eigenvalue weighted by atomic mass is 16.1. The van der Waals surface area contributed by atoms with Crippen LogP contribution >= 0.6 is 0 Å². The molecule has 4 heteroatoms. The molecule has 1 saturated carbocycles. The van der Waals surface area contributed by atoms with Crippen LogP contribution in [-0.4, -0.2) is 31.6 Å². The molecule has 4 nitrogen and oxygen atoms in total.